The number of nitrogens with zero attached hydrogens (tertiary/aromatic N) is 1. The first-order chi connectivity index (χ1) is 9.10. The fourth-order valence-electron chi connectivity index (χ4n) is 3.03. The molecule has 0 bridgehead atoms. The topological polar surface area (TPSA) is 73.3 Å². The van der Waals surface area contributed by atoms with Crippen LogP contribution in [0.15, 0.2) is 15.8 Å². The Bertz CT molecular complexity index is 596. The van der Waals surface area contributed by atoms with Crippen LogP contribution in [-0.2, 0) is 9.68 Å². The molecule has 1 aliphatic heterocycles. The van der Waals surface area contributed by atoms with Crippen LogP contribution in [0.1, 0.15) is 31.1 Å². The number of aryl methyl sites for hydroxylation is 1. The van der Waals surface area contributed by atoms with E-state index in [2.05, 4.69) is 9.93 Å². The molecule has 0 aromatic carbocycles. The Kier molecular flexibility index (Phi) is 3.02. The molecule has 4 unspecified atom stereocenters. The second-order valence-electron chi connectivity index (χ2n) is 5.23. The maximum atomic E-state index is 12.4. The summed E-state index contributed by atoms with van der Waals surface area (Å²) in [6.45, 7) is 1.62. The van der Waals surface area contributed by atoms with Crippen molar-refractivity contribution in [3.8, 4) is 0 Å². The van der Waals surface area contributed by atoms with E-state index < -0.39 is 23.6 Å². The first-order valence-corrected chi connectivity index (χ1v) is 6.35. The predicted octanol–water partition coefficient (Wildman–Crippen LogP) is 0.812. The van der Waals surface area contributed by atoms with Crippen molar-refractivity contribution in [2.24, 2.45) is 5.92 Å². The maximum absolute atomic E-state index is 12.4. The number of H-pyrrole nitrogens is 1. The Balaban J connectivity index is 1.88. The van der Waals surface area contributed by atoms with Gasteiger partial charge >= 0.3 is 5.69 Å². The van der Waals surface area contributed by atoms with Gasteiger partial charge in [0.15, 0.2) is 0 Å². The molecule has 1 N–H and O–H groups in total. The number of ether oxygens (including phenoxy) is 1. The highest BCUT2D eigenvalue weighted by Crippen LogP contribution is 2.43. The molecule has 0 spiro atoms. The Morgan fingerprint density at radius 2 is 2.26 bits per heavy atom. The van der Waals surface area contributed by atoms with Gasteiger partial charge in [-0.25, -0.2) is 4.79 Å². The van der Waals surface area contributed by atoms with Crippen molar-refractivity contribution in [2.75, 3.05) is 0 Å². The second kappa shape index (κ2) is 4.57. The molecule has 2 heterocycles. The zero-order valence-electron chi connectivity index (χ0n) is 10.5. The summed E-state index contributed by atoms with van der Waals surface area (Å²) in [5, 5.41) is 0. The second-order valence-corrected chi connectivity index (χ2v) is 5.23. The summed E-state index contributed by atoms with van der Waals surface area (Å²) in [4.78, 5) is 29.2. The van der Waals surface area contributed by atoms with Crippen molar-refractivity contribution in [3.05, 3.63) is 32.6 Å². The van der Waals surface area contributed by atoms with Gasteiger partial charge in [-0.3, -0.25) is 14.3 Å². The number of fused-ring (bicyclic) bond motifs is 1. The highest BCUT2D eigenvalue weighted by molar-refractivity contribution is 5.02. The summed E-state index contributed by atoms with van der Waals surface area (Å²) in [5.41, 5.74) is -0.457. The molecule has 19 heavy (non-hydrogen) atoms. The molecule has 1 saturated heterocycles. The standard InChI is InChI=1S/C12H15FN2O4/c1-6-5-15(12(17)14-11(6)16)9-4-7-2-3-8(19-13)10(7)18-9/h5,7-10H,2-4H2,1H3,(H,14,16,17). The zero-order valence-corrected chi connectivity index (χ0v) is 10.5. The van der Waals surface area contributed by atoms with Crippen LogP contribution in [0, 0.1) is 12.8 Å². The monoisotopic (exact) mass is 270 g/mol. The van der Waals surface area contributed by atoms with Crippen LogP contribution in [0.5, 0.6) is 0 Å². The van der Waals surface area contributed by atoms with Crippen LogP contribution in [0.25, 0.3) is 0 Å². The molecule has 0 radical (unpaired) electrons. The molecule has 4 atom stereocenters. The van der Waals surface area contributed by atoms with Crippen molar-refractivity contribution in [3.63, 3.8) is 0 Å². The zero-order chi connectivity index (χ0) is 13.6. The first kappa shape index (κ1) is 12.6. The van der Waals surface area contributed by atoms with E-state index in [0.717, 1.165) is 6.42 Å². The van der Waals surface area contributed by atoms with Gasteiger partial charge in [0.1, 0.15) is 12.3 Å². The van der Waals surface area contributed by atoms with Crippen LogP contribution in [0.3, 0.4) is 0 Å². The number of aromatic nitrogens is 2. The summed E-state index contributed by atoms with van der Waals surface area (Å²) < 4.78 is 19.5. The van der Waals surface area contributed by atoms with Crippen molar-refractivity contribution in [1.82, 2.24) is 9.55 Å². The number of hydrogen-bond acceptors (Lipinski definition) is 4. The fourth-order valence-corrected chi connectivity index (χ4v) is 3.03. The van der Waals surface area contributed by atoms with Crippen LogP contribution < -0.4 is 11.2 Å². The van der Waals surface area contributed by atoms with E-state index in [1.807, 2.05) is 0 Å². The number of nitrogens with one attached hydrogen (secondary N) is 1. The minimum Gasteiger partial charge on any atom is -0.351 e. The van der Waals surface area contributed by atoms with E-state index in [1.165, 1.54) is 10.8 Å². The fraction of sp³-hybridized carbons (Fsp3) is 0.667. The summed E-state index contributed by atoms with van der Waals surface area (Å²) >= 11 is 0. The van der Waals surface area contributed by atoms with E-state index in [4.69, 9.17) is 4.74 Å². The molecule has 1 aliphatic carbocycles. The van der Waals surface area contributed by atoms with Crippen LogP contribution in [-0.4, -0.2) is 21.8 Å². The molecule has 3 rings (SSSR count). The van der Waals surface area contributed by atoms with E-state index in [0.29, 0.717) is 18.4 Å². The number of halogens is 1. The number of aromatic amines is 1. The van der Waals surface area contributed by atoms with Crippen LogP contribution in [0.2, 0.25) is 0 Å². The molecular formula is C12H15FN2O4. The van der Waals surface area contributed by atoms with Crippen LogP contribution in [0.4, 0.5) is 4.53 Å². The van der Waals surface area contributed by atoms with Gasteiger partial charge in [0, 0.05) is 11.8 Å². The highest BCUT2D eigenvalue weighted by Gasteiger charge is 2.46. The van der Waals surface area contributed by atoms with Gasteiger partial charge in [0.2, 0.25) is 0 Å². The van der Waals surface area contributed by atoms with Gasteiger partial charge in [-0.05, 0) is 36.6 Å². The largest absolute Gasteiger partial charge is 0.351 e. The van der Waals surface area contributed by atoms with Gasteiger partial charge in [0.25, 0.3) is 5.56 Å². The van der Waals surface area contributed by atoms with Gasteiger partial charge in [-0.15, -0.1) is 0 Å². The summed E-state index contributed by atoms with van der Waals surface area (Å²) in [6.07, 6.45) is 2.26. The van der Waals surface area contributed by atoms with Gasteiger partial charge in [-0.1, -0.05) is 0 Å². The minimum atomic E-state index is -0.547. The molecule has 104 valence electrons. The third-order valence-electron chi connectivity index (χ3n) is 4.04. The lowest BCUT2D eigenvalue weighted by Gasteiger charge is -2.18. The minimum absolute atomic E-state index is 0.199. The lowest BCUT2D eigenvalue weighted by molar-refractivity contribution is -0.212. The maximum Gasteiger partial charge on any atom is 0.330 e. The SMILES string of the molecule is Cc1cn(C2CC3CCC(OF)C3O2)c(=O)[nH]c1=O. The normalized spacial score (nSPS) is 33.6. The molecule has 1 aromatic rings. The molecular weight excluding hydrogens is 255 g/mol. The number of hydrogen-bond donors (Lipinski definition) is 1. The van der Waals surface area contributed by atoms with Crippen molar-refractivity contribution in [1.29, 1.82) is 0 Å². The molecule has 1 saturated carbocycles. The Hall–Kier alpha value is -1.47. The Labute approximate surface area is 108 Å². The molecule has 2 fully saturated rings. The van der Waals surface area contributed by atoms with E-state index in [-0.39, 0.29) is 12.0 Å². The van der Waals surface area contributed by atoms with Gasteiger partial charge in [0.05, 0.1) is 6.10 Å². The third-order valence-corrected chi connectivity index (χ3v) is 4.04. The summed E-state index contributed by atoms with van der Waals surface area (Å²) in [7, 11) is 0. The highest BCUT2D eigenvalue weighted by atomic mass is 19.3. The third kappa shape index (κ3) is 2.02. The van der Waals surface area contributed by atoms with Crippen molar-refractivity contribution >= 4 is 0 Å². The lowest BCUT2D eigenvalue weighted by Crippen LogP contribution is -2.34. The van der Waals surface area contributed by atoms with E-state index in [1.54, 1.807) is 6.92 Å². The molecule has 7 heteroatoms. The van der Waals surface area contributed by atoms with Crippen molar-refractivity contribution in [2.45, 2.75) is 44.6 Å². The Morgan fingerprint density at radius 3 is 3.00 bits per heavy atom. The molecule has 1 aromatic heterocycles. The van der Waals surface area contributed by atoms with Crippen LogP contribution >= 0.6 is 0 Å². The lowest BCUT2D eigenvalue weighted by atomic mass is 10.0. The summed E-state index contributed by atoms with van der Waals surface area (Å²) in [5.74, 6) is 0.199. The van der Waals surface area contributed by atoms with E-state index >= 15 is 0 Å². The molecule has 0 amide bonds. The Morgan fingerprint density at radius 1 is 1.47 bits per heavy atom. The average molecular weight is 270 g/mol. The van der Waals surface area contributed by atoms with Gasteiger partial charge in [-0.2, -0.15) is 4.94 Å². The van der Waals surface area contributed by atoms with E-state index in [9.17, 15) is 14.1 Å². The summed E-state index contributed by atoms with van der Waals surface area (Å²) in [6, 6.07) is 0. The average Bonchev–Trinajstić information content (AvgIpc) is 2.93. The first-order valence-electron chi connectivity index (χ1n) is 6.35. The number of rotatable bonds is 2. The predicted molar refractivity (Wildman–Crippen MR) is 63.3 cm³/mol. The molecule has 6 nitrogen and oxygen atoms in total. The van der Waals surface area contributed by atoms with Crippen molar-refractivity contribution < 1.29 is 14.2 Å². The smallest absolute Gasteiger partial charge is 0.330 e. The van der Waals surface area contributed by atoms with Gasteiger partial charge < -0.3 is 4.74 Å². The quantitative estimate of drug-likeness (QED) is 0.863. The molecule has 2 aliphatic rings.